The van der Waals surface area contributed by atoms with Gasteiger partial charge in [-0.05, 0) is 77.4 Å². The van der Waals surface area contributed by atoms with Crippen LogP contribution in [0.25, 0.3) is 77.2 Å². The summed E-state index contributed by atoms with van der Waals surface area (Å²) in [5.74, 6) is 0. The van der Waals surface area contributed by atoms with Gasteiger partial charge in [0.2, 0.25) is 0 Å². The summed E-state index contributed by atoms with van der Waals surface area (Å²) in [6.07, 6.45) is 0. The molecule has 0 spiro atoms. The van der Waals surface area contributed by atoms with Crippen molar-refractivity contribution in [3.63, 3.8) is 0 Å². The minimum atomic E-state index is 0.571. The van der Waals surface area contributed by atoms with Gasteiger partial charge in [-0.3, -0.25) is 0 Å². The van der Waals surface area contributed by atoms with Crippen LogP contribution in [0.1, 0.15) is 16.7 Å². The third kappa shape index (κ3) is 4.31. The number of hydrogen-bond donors (Lipinski definition) is 0. The Morgan fingerprint density at radius 3 is 1.74 bits per heavy atom. The van der Waals surface area contributed by atoms with Crippen molar-refractivity contribution in [1.29, 1.82) is 15.8 Å². The van der Waals surface area contributed by atoms with Crippen LogP contribution in [0.2, 0.25) is 0 Å². The molecule has 230 valence electrons. The van der Waals surface area contributed by atoms with E-state index in [1.807, 2.05) is 60.7 Å². The Hall–Kier alpha value is -7.39. The fraction of sp³-hybridized carbons (Fsp3) is 0. The molecule has 0 saturated heterocycles. The summed E-state index contributed by atoms with van der Waals surface area (Å²) in [5, 5.41) is 34.2. The molecular weight excluding hydrogens is 611 g/mol. The molecule has 9 aromatic rings. The van der Waals surface area contributed by atoms with Gasteiger partial charge in [-0.15, -0.1) is 0 Å². The molecule has 0 fully saturated rings. The number of nitriles is 3. The van der Waals surface area contributed by atoms with E-state index in [2.05, 4.69) is 118 Å². The summed E-state index contributed by atoms with van der Waals surface area (Å²) in [6.45, 7) is 0. The topological polar surface area (TPSA) is 81.2 Å². The largest absolute Gasteiger partial charge is 0.309 e. The maximum atomic E-state index is 10.3. The Balaban J connectivity index is 1.19. The molecular formula is C45H25N5. The first-order chi connectivity index (χ1) is 24.7. The Bertz CT molecular complexity index is 2900. The standard InChI is InChI=1S/C45H25N5/c46-26-29-18-23-42-39(24-29)38-14-6-10-34(28-48)45(38)49(42)35-11-5-8-32(25-35)30-19-21-31(22-20-30)44-33(27-47)9-7-17-43(44)50-40-15-3-1-12-36(40)37-13-2-4-16-41(37)50/h1-25H. The van der Waals surface area contributed by atoms with Crippen LogP contribution in [0.4, 0.5) is 0 Å². The minimum Gasteiger partial charge on any atom is -0.309 e. The number of benzene rings is 7. The Kier molecular flexibility index (Phi) is 6.56. The summed E-state index contributed by atoms with van der Waals surface area (Å²) in [7, 11) is 0. The van der Waals surface area contributed by atoms with Crippen LogP contribution in [-0.4, -0.2) is 9.13 Å². The van der Waals surface area contributed by atoms with Gasteiger partial charge in [0.05, 0.1) is 56.6 Å². The first-order valence-electron chi connectivity index (χ1n) is 16.3. The molecule has 0 radical (unpaired) electrons. The molecule has 2 heterocycles. The van der Waals surface area contributed by atoms with Gasteiger partial charge in [0, 0.05) is 32.8 Å². The summed E-state index contributed by atoms with van der Waals surface area (Å²) in [6, 6.07) is 57.9. The van der Waals surface area contributed by atoms with Gasteiger partial charge in [0.15, 0.2) is 0 Å². The first kappa shape index (κ1) is 28.8. The third-order valence-corrected chi connectivity index (χ3v) is 9.63. The van der Waals surface area contributed by atoms with E-state index in [0.29, 0.717) is 16.7 Å². The second-order valence-corrected chi connectivity index (χ2v) is 12.3. The molecule has 0 aliphatic heterocycles. The molecule has 0 aliphatic rings. The first-order valence-corrected chi connectivity index (χ1v) is 16.3. The van der Waals surface area contributed by atoms with Gasteiger partial charge in [-0.25, -0.2) is 0 Å². The van der Waals surface area contributed by atoms with Crippen molar-refractivity contribution in [3.05, 3.63) is 168 Å². The quantitative estimate of drug-likeness (QED) is 0.193. The predicted octanol–water partition coefficient (Wildman–Crippen LogP) is 10.8. The van der Waals surface area contributed by atoms with Crippen molar-refractivity contribution in [2.45, 2.75) is 0 Å². The lowest BCUT2D eigenvalue weighted by molar-refractivity contribution is 1.17. The van der Waals surface area contributed by atoms with Gasteiger partial charge >= 0.3 is 0 Å². The Morgan fingerprint density at radius 1 is 0.400 bits per heavy atom. The fourth-order valence-electron chi connectivity index (χ4n) is 7.46. The molecule has 0 atom stereocenters. The molecule has 7 aromatic carbocycles. The molecule has 50 heavy (non-hydrogen) atoms. The maximum absolute atomic E-state index is 10.3. The van der Waals surface area contributed by atoms with Gasteiger partial charge in [0.1, 0.15) is 6.07 Å². The zero-order valence-electron chi connectivity index (χ0n) is 26.7. The number of para-hydroxylation sites is 3. The zero-order valence-corrected chi connectivity index (χ0v) is 26.7. The summed E-state index contributed by atoms with van der Waals surface area (Å²) >= 11 is 0. The third-order valence-electron chi connectivity index (χ3n) is 9.63. The van der Waals surface area contributed by atoms with Crippen LogP contribution in [0, 0.1) is 34.0 Å². The highest BCUT2D eigenvalue weighted by atomic mass is 15.0. The zero-order chi connectivity index (χ0) is 33.8. The van der Waals surface area contributed by atoms with Gasteiger partial charge < -0.3 is 9.13 Å². The summed E-state index contributed by atoms with van der Waals surface area (Å²) in [5.41, 5.74) is 11.4. The van der Waals surface area contributed by atoms with E-state index in [1.54, 1.807) is 0 Å². The average molecular weight is 636 g/mol. The summed E-state index contributed by atoms with van der Waals surface area (Å²) < 4.78 is 4.38. The van der Waals surface area contributed by atoms with Crippen LogP contribution in [-0.2, 0) is 0 Å². The highest BCUT2D eigenvalue weighted by Crippen LogP contribution is 2.39. The van der Waals surface area contributed by atoms with Crippen LogP contribution < -0.4 is 0 Å². The van der Waals surface area contributed by atoms with Crippen molar-refractivity contribution in [2.24, 2.45) is 0 Å². The average Bonchev–Trinajstić information content (AvgIpc) is 3.70. The van der Waals surface area contributed by atoms with Crippen molar-refractivity contribution in [3.8, 4) is 51.8 Å². The second-order valence-electron chi connectivity index (χ2n) is 12.3. The lowest BCUT2D eigenvalue weighted by atomic mass is 9.95. The van der Waals surface area contributed by atoms with E-state index in [-0.39, 0.29) is 0 Å². The van der Waals surface area contributed by atoms with E-state index in [4.69, 9.17) is 0 Å². The van der Waals surface area contributed by atoms with Gasteiger partial charge in [-0.1, -0.05) is 91.0 Å². The van der Waals surface area contributed by atoms with Crippen molar-refractivity contribution >= 4 is 43.6 Å². The SMILES string of the molecule is N#Cc1ccc2c(c1)c1cccc(C#N)c1n2-c1cccc(-c2ccc(-c3c(C#N)cccc3-n3c4ccccc4c4ccccc43)cc2)c1. The Labute approximate surface area is 287 Å². The molecule has 0 saturated carbocycles. The van der Waals surface area contributed by atoms with Crippen molar-refractivity contribution in [2.75, 3.05) is 0 Å². The van der Waals surface area contributed by atoms with Crippen LogP contribution in [0.15, 0.2) is 152 Å². The van der Waals surface area contributed by atoms with Crippen LogP contribution >= 0.6 is 0 Å². The van der Waals surface area contributed by atoms with E-state index in [9.17, 15) is 15.8 Å². The normalized spacial score (nSPS) is 11.1. The highest BCUT2D eigenvalue weighted by Gasteiger charge is 2.19. The lowest BCUT2D eigenvalue weighted by Crippen LogP contribution is -1.99. The smallest absolute Gasteiger partial charge is 0.101 e. The van der Waals surface area contributed by atoms with Crippen LogP contribution in [0.5, 0.6) is 0 Å². The number of hydrogen-bond acceptors (Lipinski definition) is 3. The number of aromatic nitrogens is 2. The van der Waals surface area contributed by atoms with Crippen LogP contribution in [0.3, 0.4) is 0 Å². The molecule has 0 N–H and O–H groups in total. The molecule has 0 unspecified atom stereocenters. The maximum Gasteiger partial charge on any atom is 0.101 e. The number of rotatable bonds is 4. The molecule has 9 rings (SSSR count). The van der Waals surface area contributed by atoms with Gasteiger partial charge in [-0.2, -0.15) is 15.8 Å². The number of fused-ring (bicyclic) bond motifs is 6. The minimum absolute atomic E-state index is 0.571. The van der Waals surface area contributed by atoms with E-state index >= 15 is 0 Å². The molecule has 0 aliphatic carbocycles. The highest BCUT2D eigenvalue weighted by molar-refractivity contribution is 6.12. The number of nitrogens with zero attached hydrogens (tertiary/aromatic N) is 5. The monoisotopic (exact) mass is 635 g/mol. The molecule has 5 heteroatoms. The molecule has 5 nitrogen and oxygen atoms in total. The second kappa shape index (κ2) is 11.4. The van der Waals surface area contributed by atoms with E-state index < -0.39 is 0 Å². The van der Waals surface area contributed by atoms with Crippen molar-refractivity contribution in [1.82, 2.24) is 9.13 Å². The summed E-state index contributed by atoms with van der Waals surface area (Å²) in [4.78, 5) is 0. The van der Waals surface area contributed by atoms with Crippen molar-refractivity contribution < 1.29 is 0 Å². The lowest BCUT2D eigenvalue weighted by Gasteiger charge is -2.16. The molecule has 0 amide bonds. The molecule has 0 bridgehead atoms. The fourth-order valence-corrected chi connectivity index (χ4v) is 7.46. The van der Waals surface area contributed by atoms with Gasteiger partial charge in [0.25, 0.3) is 0 Å². The van der Waals surface area contributed by atoms with E-state index in [1.165, 1.54) is 10.8 Å². The Morgan fingerprint density at radius 2 is 1.02 bits per heavy atom. The predicted molar refractivity (Wildman–Crippen MR) is 200 cm³/mol. The van der Waals surface area contributed by atoms with E-state index in [0.717, 1.165) is 66.5 Å². The molecule has 2 aromatic heterocycles.